The molecule has 0 aliphatic heterocycles. The number of thiophene rings is 1. The molecule has 0 aliphatic rings. The minimum absolute atomic E-state index is 0.104. The van der Waals surface area contributed by atoms with E-state index in [-0.39, 0.29) is 5.78 Å². The summed E-state index contributed by atoms with van der Waals surface area (Å²) in [4.78, 5) is 12.3. The first-order valence-electron chi connectivity index (χ1n) is 4.10. The second-order valence-electron chi connectivity index (χ2n) is 2.37. The highest BCUT2D eigenvalue weighted by Gasteiger charge is 2.08. The van der Waals surface area contributed by atoms with Gasteiger partial charge in [0.25, 0.3) is 0 Å². The van der Waals surface area contributed by atoms with Gasteiger partial charge in [-0.1, -0.05) is 17.8 Å². The standard InChI is InChI=1S/C9H10O2S3/c1-2-11-9(12)14-6-7(10)8-4-3-5-13-8/h3-5H,2,6H2,1H3. The number of thiocarbonyl (C=S) groups is 1. The van der Waals surface area contributed by atoms with E-state index in [2.05, 4.69) is 0 Å². The average molecular weight is 246 g/mol. The third kappa shape index (κ3) is 3.77. The van der Waals surface area contributed by atoms with Crippen molar-refractivity contribution in [3.63, 3.8) is 0 Å². The zero-order valence-corrected chi connectivity index (χ0v) is 10.1. The van der Waals surface area contributed by atoms with Crippen LogP contribution in [0.25, 0.3) is 0 Å². The second-order valence-corrected chi connectivity index (χ2v) is 4.90. The quantitative estimate of drug-likeness (QED) is 0.602. The van der Waals surface area contributed by atoms with Crippen LogP contribution < -0.4 is 0 Å². The number of ketones is 1. The van der Waals surface area contributed by atoms with Crippen molar-refractivity contribution >= 4 is 45.5 Å². The van der Waals surface area contributed by atoms with Gasteiger partial charge in [-0.2, -0.15) is 0 Å². The fraction of sp³-hybridized carbons (Fsp3) is 0.333. The average Bonchev–Trinajstić information content (AvgIpc) is 2.67. The Bertz CT molecular complexity index is 306. The van der Waals surface area contributed by atoms with Crippen molar-refractivity contribution in [1.82, 2.24) is 0 Å². The first kappa shape index (κ1) is 11.7. The Morgan fingerprint density at radius 3 is 3.07 bits per heavy atom. The third-order valence-electron chi connectivity index (χ3n) is 1.38. The number of carbonyl (C=O) groups excluding carboxylic acids is 1. The summed E-state index contributed by atoms with van der Waals surface area (Å²) < 4.78 is 5.50. The van der Waals surface area contributed by atoms with Gasteiger partial charge in [0.15, 0.2) is 5.78 Å². The molecule has 2 nitrogen and oxygen atoms in total. The Balaban J connectivity index is 2.32. The minimum atomic E-state index is 0.104. The molecule has 0 radical (unpaired) electrons. The molecule has 1 heterocycles. The van der Waals surface area contributed by atoms with Gasteiger partial charge in [0.05, 0.1) is 17.2 Å². The van der Waals surface area contributed by atoms with Crippen LogP contribution >= 0.6 is 35.3 Å². The molecule has 0 saturated carbocycles. The van der Waals surface area contributed by atoms with Crippen molar-refractivity contribution in [2.45, 2.75) is 6.92 Å². The molecular formula is C9H10O2S3. The fourth-order valence-corrected chi connectivity index (χ4v) is 2.45. The molecular weight excluding hydrogens is 236 g/mol. The maximum atomic E-state index is 11.5. The van der Waals surface area contributed by atoms with Crippen LogP contribution in [0.15, 0.2) is 17.5 Å². The van der Waals surface area contributed by atoms with E-state index in [1.165, 1.54) is 23.1 Å². The van der Waals surface area contributed by atoms with Crippen molar-refractivity contribution in [3.8, 4) is 0 Å². The summed E-state index contributed by atoms with van der Waals surface area (Å²) in [5.74, 6) is 0.464. The number of hydrogen-bond donors (Lipinski definition) is 0. The van der Waals surface area contributed by atoms with Crippen LogP contribution in [0.4, 0.5) is 0 Å². The van der Waals surface area contributed by atoms with Gasteiger partial charge >= 0.3 is 0 Å². The summed E-state index contributed by atoms with van der Waals surface area (Å²) in [6.45, 7) is 2.42. The molecule has 76 valence electrons. The molecule has 1 rings (SSSR count). The van der Waals surface area contributed by atoms with Crippen molar-refractivity contribution in [3.05, 3.63) is 22.4 Å². The molecule has 0 saturated heterocycles. The van der Waals surface area contributed by atoms with Gasteiger partial charge in [-0.3, -0.25) is 4.79 Å². The van der Waals surface area contributed by atoms with E-state index in [0.29, 0.717) is 16.7 Å². The lowest BCUT2D eigenvalue weighted by atomic mass is 10.4. The van der Waals surface area contributed by atoms with Crippen molar-refractivity contribution in [1.29, 1.82) is 0 Å². The Kier molecular flexibility index (Phi) is 5.14. The predicted octanol–water partition coefficient (Wildman–Crippen LogP) is 2.99. The lowest BCUT2D eigenvalue weighted by molar-refractivity contribution is 0.102. The summed E-state index contributed by atoms with van der Waals surface area (Å²) in [7, 11) is 0. The predicted molar refractivity (Wildman–Crippen MR) is 65.3 cm³/mol. The molecule has 0 spiro atoms. The zero-order chi connectivity index (χ0) is 10.4. The van der Waals surface area contributed by atoms with Crippen LogP contribution in [0.3, 0.4) is 0 Å². The summed E-state index contributed by atoms with van der Waals surface area (Å²) in [5.41, 5.74) is 0. The lowest BCUT2D eigenvalue weighted by Crippen LogP contribution is -2.04. The monoisotopic (exact) mass is 246 g/mol. The largest absolute Gasteiger partial charge is 0.479 e. The van der Waals surface area contributed by atoms with Crippen molar-refractivity contribution in [2.75, 3.05) is 12.4 Å². The van der Waals surface area contributed by atoms with E-state index in [1.807, 2.05) is 24.4 Å². The topological polar surface area (TPSA) is 26.3 Å². The highest BCUT2D eigenvalue weighted by molar-refractivity contribution is 8.23. The summed E-state index contributed by atoms with van der Waals surface area (Å²) in [6, 6.07) is 3.68. The Morgan fingerprint density at radius 1 is 1.71 bits per heavy atom. The van der Waals surface area contributed by atoms with Crippen LogP contribution in [-0.2, 0) is 4.74 Å². The van der Waals surface area contributed by atoms with E-state index in [4.69, 9.17) is 17.0 Å². The van der Waals surface area contributed by atoms with E-state index in [0.717, 1.165) is 4.88 Å². The van der Waals surface area contributed by atoms with Gasteiger partial charge in [-0.05, 0) is 30.6 Å². The van der Waals surface area contributed by atoms with Crippen LogP contribution in [0.1, 0.15) is 16.6 Å². The summed E-state index contributed by atoms with van der Waals surface area (Å²) in [5, 5.41) is 1.89. The maximum absolute atomic E-state index is 11.5. The van der Waals surface area contributed by atoms with Gasteiger partial charge in [0.2, 0.25) is 4.38 Å². The fourth-order valence-electron chi connectivity index (χ4n) is 0.792. The van der Waals surface area contributed by atoms with E-state index in [9.17, 15) is 4.79 Å². The smallest absolute Gasteiger partial charge is 0.220 e. The van der Waals surface area contributed by atoms with Crippen LogP contribution in [0, 0.1) is 0 Å². The minimum Gasteiger partial charge on any atom is -0.479 e. The molecule has 0 N–H and O–H groups in total. The van der Waals surface area contributed by atoms with Gasteiger partial charge in [-0.25, -0.2) is 0 Å². The van der Waals surface area contributed by atoms with Gasteiger partial charge in [0.1, 0.15) is 0 Å². The molecule has 0 aromatic carbocycles. The molecule has 5 heteroatoms. The molecule has 1 aromatic heterocycles. The number of rotatable bonds is 4. The third-order valence-corrected chi connectivity index (χ3v) is 3.52. The highest BCUT2D eigenvalue weighted by Crippen LogP contribution is 2.14. The molecule has 1 aromatic rings. The first-order chi connectivity index (χ1) is 6.74. The molecule has 0 unspecified atom stereocenters. The second kappa shape index (κ2) is 6.16. The molecule has 0 aliphatic carbocycles. The van der Waals surface area contributed by atoms with E-state index < -0.39 is 0 Å². The SMILES string of the molecule is CCOC(=S)SCC(=O)c1cccs1. The molecule has 14 heavy (non-hydrogen) atoms. The van der Waals surface area contributed by atoms with Crippen LogP contribution in [0.2, 0.25) is 0 Å². The highest BCUT2D eigenvalue weighted by atomic mass is 32.2. The molecule has 0 amide bonds. The Morgan fingerprint density at radius 2 is 2.50 bits per heavy atom. The number of hydrogen-bond acceptors (Lipinski definition) is 5. The normalized spacial score (nSPS) is 9.79. The number of ether oxygens (including phenoxy) is 1. The number of thioether (sulfide) groups is 1. The van der Waals surface area contributed by atoms with E-state index in [1.54, 1.807) is 0 Å². The number of carbonyl (C=O) groups is 1. The Labute approximate surface area is 96.7 Å². The maximum Gasteiger partial charge on any atom is 0.220 e. The molecule has 0 bridgehead atoms. The van der Waals surface area contributed by atoms with Crippen LogP contribution in [0.5, 0.6) is 0 Å². The van der Waals surface area contributed by atoms with E-state index >= 15 is 0 Å². The van der Waals surface area contributed by atoms with Crippen LogP contribution in [-0.4, -0.2) is 22.5 Å². The first-order valence-corrected chi connectivity index (χ1v) is 6.37. The van der Waals surface area contributed by atoms with Gasteiger partial charge < -0.3 is 4.74 Å². The zero-order valence-electron chi connectivity index (χ0n) is 7.69. The number of Topliss-reactive ketones (excluding diaryl/α,β-unsaturated/α-hetero) is 1. The molecule has 0 fully saturated rings. The van der Waals surface area contributed by atoms with Gasteiger partial charge in [-0.15, -0.1) is 11.3 Å². The lowest BCUT2D eigenvalue weighted by Gasteiger charge is -2.02. The van der Waals surface area contributed by atoms with Crippen molar-refractivity contribution in [2.24, 2.45) is 0 Å². The summed E-state index contributed by atoms with van der Waals surface area (Å²) >= 11 is 7.62. The van der Waals surface area contributed by atoms with Gasteiger partial charge in [0, 0.05) is 0 Å². The Hall–Kier alpha value is -0.390. The molecule has 0 atom stereocenters. The van der Waals surface area contributed by atoms with Crippen molar-refractivity contribution < 1.29 is 9.53 Å². The summed E-state index contributed by atoms with van der Waals surface area (Å²) in [6.07, 6.45) is 0.